The summed E-state index contributed by atoms with van der Waals surface area (Å²) in [5, 5.41) is 14.9. The van der Waals surface area contributed by atoms with Gasteiger partial charge in [0.25, 0.3) is 0 Å². The van der Waals surface area contributed by atoms with Crippen LogP contribution in [0.1, 0.15) is 58.9 Å². The highest BCUT2D eigenvalue weighted by atomic mass is 32.2. The highest BCUT2D eigenvalue weighted by molar-refractivity contribution is 8.00. The van der Waals surface area contributed by atoms with Crippen LogP contribution in [0.15, 0.2) is 22.7 Å². The maximum Gasteiger partial charge on any atom is 0.233 e. The monoisotopic (exact) mass is 418 g/mol. The van der Waals surface area contributed by atoms with Crippen LogP contribution in [-0.2, 0) is 4.79 Å². The minimum Gasteiger partial charge on any atom is -0.355 e. The molecule has 2 saturated carbocycles. The van der Waals surface area contributed by atoms with Crippen LogP contribution < -0.4 is 5.32 Å². The smallest absolute Gasteiger partial charge is 0.233 e. The molecule has 0 radical (unpaired) electrons. The van der Waals surface area contributed by atoms with E-state index in [2.05, 4.69) is 51.4 Å². The number of rotatable bonds is 8. The third-order valence-electron chi connectivity index (χ3n) is 6.43. The average Bonchev–Trinajstić information content (AvgIpc) is 3.48. The summed E-state index contributed by atoms with van der Waals surface area (Å²) in [6.45, 7) is 7.08. The number of nitrogens with one attached hydrogen (secondary N) is 1. The van der Waals surface area contributed by atoms with Crippen molar-refractivity contribution in [2.45, 2.75) is 69.3 Å². The van der Waals surface area contributed by atoms with Crippen LogP contribution in [0.3, 0.4) is 0 Å². The first kappa shape index (κ1) is 20.0. The zero-order valence-electron chi connectivity index (χ0n) is 16.9. The minimum absolute atomic E-state index is 0.0756. The predicted molar refractivity (Wildman–Crippen MR) is 116 cm³/mol. The van der Waals surface area contributed by atoms with E-state index in [4.69, 9.17) is 0 Å². The van der Waals surface area contributed by atoms with Gasteiger partial charge in [-0.1, -0.05) is 31.2 Å². The number of fused-ring (bicyclic) bond motifs is 2. The fraction of sp³-hybridized carbons (Fsp3) is 0.667. The van der Waals surface area contributed by atoms with Crippen molar-refractivity contribution >= 4 is 29.0 Å². The van der Waals surface area contributed by atoms with Crippen LogP contribution in [-0.4, -0.2) is 32.5 Å². The van der Waals surface area contributed by atoms with E-state index in [1.54, 1.807) is 11.3 Å². The maximum absolute atomic E-state index is 12.4. The summed E-state index contributed by atoms with van der Waals surface area (Å²) in [6.07, 6.45) is 6.44. The standard InChI is InChI=1S/C21H30N4OS2/c1-4-9-22-20(26)14(3)28-21-24-23-19(18-6-5-10-27-18)25(21)13(2)17-12-15-7-8-16(17)11-15/h5-6,10,13-17H,4,7-9,11-12H2,1-3H3,(H,22,26). The van der Waals surface area contributed by atoms with E-state index in [-0.39, 0.29) is 11.2 Å². The molecule has 2 aromatic heterocycles. The molecule has 1 N–H and O–H groups in total. The summed E-state index contributed by atoms with van der Waals surface area (Å²) in [4.78, 5) is 13.5. The SMILES string of the molecule is CCCNC(=O)C(C)Sc1nnc(-c2cccs2)n1C(C)C1CC2CCC1C2. The van der Waals surface area contributed by atoms with Crippen molar-refractivity contribution in [2.24, 2.45) is 17.8 Å². The Kier molecular flexibility index (Phi) is 6.11. The molecule has 0 saturated heterocycles. The van der Waals surface area contributed by atoms with Crippen LogP contribution in [0.25, 0.3) is 10.7 Å². The van der Waals surface area contributed by atoms with E-state index in [1.165, 1.54) is 37.4 Å². The molecule has 0 aliphatic heterocycles. The van der Waals surface area contributed by atoms with Crippen molar-refractivity contribution in [3.8, 4) is 10.7 Å². The molecule has 2 fully saturated rings. The number of aromatic nitrogens is 3. The number of amides is 1. The zero-order valence-corrected chi connectivity index (χ0v) is 18.6. The van der Waals surface area contributed by atoms with Crippen molar-refractivity contribution in [1.29, 1.82) is 0 Å². The lowest BCUT2D eigenvalue weighted by Crippen LogP contribution is -2.31. The van der Waals surface area contributed by atoms with Crippen molar-refractivity contribution in [3.63, 3.8) is 0 Å². The van der Waals surface area contributed by atoms with Gasteiger partial charge in [-0.2, -0.15) is 0 Å². The second kappa shape index (κ2) is 8.57. The van der Waals surface area contributed by atoms with Gasteiger partial charge in [0.05, 0.1) is 10.1 Å². The molecule has 2 aromatic rings. The third kappa shape index (κ3) is 3.88. The third-order valence-corrected chi connectivity index (χ3v) is 8.35. The van der Waals surface area contributed by atoms with Crippen LogP contribution in [0.5, 0.6) is 0 Å². The maximum atomic E-state index is 12.4. The molecule has 7 heteroatoms. The molecular formula is C21H30N4OS2. The molecule has 5 unspecified atom stereocenters. The summed E-state index contributed by atoms with van der Waals surface area (Å²) in [7, 11) is 0. The van der Waals surface area contributed by atoms with E-state index in [0.29, 0.717) is 12.0 Å². The molecule has 5 atom stereocenters. The second-order valence-electron chi connectivity index (χ2n) is 8.28. The first-order valence-corrected chi connectivity index (χ1v) is 12.3. The highest BCUT2D eigenvalue weighted by Crippen LogP contribution is 2.53. The Morgan fingerprint density at radius 3 is 2.86 bits per heavy atom. The molecule has 2 bridgehead atoms. The van der Waals surface area contributed by atoms with E-state index in [1.807, 2.05) is 6.92 Å². The number of carbonyl (C=O) groups excluding carboxylic acids is 1. The van der Waals surface area contributed by atoms with Gasteiger partial charge in [-0.05, 0) is 68.7 Å². The fourth-order valence-electron chi connectivity index (χ4n) is 4.98. The Morgan fingerprint density at radius 1 is 1.36 bits per heavy atom. The highest BCUT2D eigenvalue weighted by Gasteiger charge is 2.43. The molecular weight excluding hydrogens is 388 g/mol. The van der Waals surface area contributed by atoms with Crippen LogP contribution in [0.2, 0.25) is 0 Å². The summed E-state index contributed by atoms with van der Waals surface area (Å²) in [5.74, 6) is 3.47. The molecule has 2 aliphatic carbocycles. The molecule has 0 aromatic carbocycles. The van der Waals surface area contributed by atoms with Gasteiger partial charge in [0.15, 0.2) is 11.0 Å². The number of hydrogen-bond acceptors (Lipinski definition) is 5. The lowest BCUT2D eigenvalue weighted by molar-refractivity contribution is -0.120. The summed E-state index contributed by atoms with van der Waals surface area (Å²) in [6, 6.07) is 4.54. The van der Waals surface area contributed by atoms with Crippen LogP contribution in [0.4, 0.5) is 0 Å². The Hall–Kier alpha value is -1.34. The molecule has 1 amide bonds. The summed E-state index contributed by atoms with van der Waals surface area (Å²) >= 11 is 3.24. The number of thiophene rings is 1. The van der Waals surface area contributed by atoms with Crippen molar-refractivity contribution in [3.05, 3.63) is 17.5 Å². The minimum atomic E-state index is -0.182. The van der Waals surface area contributed by atoms with E-state index < -0.39 is 0 Å². The predicted octanol–water partition coefficient (Wildman–Crippen LogP) is 5.01. The number of hydrogen-bond donors (Lipinski definition) is 1. The van der Waals surface area contributed by atoms with Gasteiger partial charge in [0.1, 0.15) is 0 Å². The first-order valence-electron chi connectivity index (χ1n) is 10.5. The van der Waals surface area contributed by atoms with Crippen molar-refractivity contribution < 1.29 is 4.79 Å². The van der Waals surface area contributed by atoms with Gasteiger partial charge < -0.3 is 5.32 Å². The molecule has 28 heavy (non-hydrogen) atoms. The number of carbonyl (C=O) groups is 1. The van der Waals surface area contributed by atoms with Gasteiger partial charge in [-0.15, -0.1) is 21.5 Å². The van der Waals surface area contributed by atoms with Crippen LogP contribution in [0, 0.1) is 17.8 Å². The molecule has 2 aliphatic rings. The fourth-order valence-corrected chi connectivity index (χ4v) is 6.64. The Balaban J connectivity index is 1.60. The van der Waals surface area contributed by atoms with Crippen molar-refractivity contribution in [1.82, 2.24) is 20.1 Å². The molecule has 152 valence electrons. The van der Waals surface area contributed by atoms with Crippen LogP contribution >= 0.6 is 23.1 Å². The quantitative estimate of drug-likeness (QED) is 0.612. The van der Waals surface area contributed by atoms with E-state index in [0.717, 1.165) is 40.7 Å². The molecule has 5 nitrogen and oxygen atoms in total. The summed E-state index contributed by atoms with van der Waals surface area (Å²) < 4.78 is 2.32. The summed E-state index contributed by atoms with van der Waals surface area (Å²) in [5.41, 5.74) is 0. The Labute approximate surface area is 175 Å². The Bertz CT molecular complexity index is 803. The van der Waals surface area contributed by atoms with Gasteiger partial charge >= 0.3 is 0 Å². The number of thioether (sulfide) groups is 1. The number of nitrogens with zero attached hydrogens (tertiary/aromatic N) is 3. The van der Waals surface area contributed by atoms with Gasteiger partial charge in [0.2, 0.25) is 5.91 Å². The molecule has 2 heterocycles. The van der Waals surface area contributed by atoms with E-state index >= 15 is 0 Å². The van der Waals surface area contributed by atoms with Gasteiger partial charge in [-0.25, -0.2) is 0 Å². The lowest BCUT2D eigenvalue weighted by atomic mass is 9.84. The topological polar surface area (TPSA) is 59.8 Å². The molecule has 0 spiro atoms. The van der Waals surface area contributed by atoms with Gasteiger partial charge in [0, 0.05) is 12.6 Å². The van der Waals surface area contributed by atoms with Gasteiger partial charge in [-0.3, -0.25) is 9.36 Å². The first-order chi connectivity index (χ1) is 13.6. The zero-order chi connectivity index (χ0) is 19.7. The lowest BCUT2D eigenvalue weighted by Gasteiger charge is -2.30. The second-order valence-corrected chi connectivity index (χ2v) is 10.5. The molecule has 4 rings (SSSR count). The normalized spacial score (nSPS) is 25.8. The Morgan fingerprint density at radius 2 is 2.21 bits per heavy atom. The average molecular weight is 419 g/mol. The van der Waals surface area contributed by atoms with Crippen molar-refractivity contribution in [2.75, 3.05) is 6.54 Å². The van der Waals surface area contributed by atoms with E-state index in [9.17, 15) is 4.79 Å². The largest absolute Gasteiger partial charge is 0.355 e.